The van der Waals surface area contributed by atoms with Gasteiger partial charge in [0, 0.05) is 0 Å². The fourth-order valence-electron chi connectivity index (χ4n) is 0.914. The van der Waals surface area contributed by atoms with E-state index in [2.05, 4.69) is 18.0 Å². The van der Waals surface area contributed by atoms with Crippen LogP contribution in [0.4, 0.5) is 0 Å². The highest BCUT2D eigenvalue weighted by Crippen LogP contribution is 2.18. The molecule has 2 atom stereocenters. The molecule has 0 amide bonds. The fraction of sp³-hybridized carbons (Fsp3) is 0.600. The summed E-state index contributed by atoms with van der Waals surface area (Å²) >= 11 is 0. The van der Waals surface area contributed by atoms with Crippen LogP contribution in [-0.2, 0) is 4.89 Å². The molecule has 0 aromatic heterocycles. The molecule has 0 aliphatic carbocycles. The van der Waals surface area contributed by atoms with E-state index < -0.39 is 11.7 Å². The lowest BCUT2D eigenvalue weighted by atomic mass is 9.96. The Bertz CT molecular complexity index is 185. The number of rotatable bonds is 6. The zero-order valence-corrected chi connectivity index (χ0v) is 8.29. The first-order valence-corrected chi connectivity index (χ1v) is 4.24. The van der Waals surface area contributed by atoms with Crippen molar-refractivity contribution in [2.24, 2.45) is 0 Å². The molecular weight excluding hydrogens is 168 g/mol. The second kappa shape index (κ2) is 5.17. The molecule has 2 unspecified atom stereocenters. The predicted molar refractivity (Wildman–Crippen MR) is 52.4 cm³/mol. The smallest absolute Gasteiger partial charge is 0.113 e. The molecule has 3 heteroatoms. The van der Waals surface area contributed by atoms with Gasteiger partial charge in [-0.1, -0.05) is 12.7 Å². The lowest BCUT2D eigenvalue weighted by Crippen LogP contribution is -2.24. The van der Waals surface area contributed by atoms with E-state index in [9.17, 15) is 5.11 Å². The van der Waals surface area contributed by atoms with Gasteiger partial charge < -0.3 is 5.11 Å². The van der Waals surface area contributed by atoms with Gasteiger partial charge >= 0.3 is 0 Å². The molecule has 13 heavy (non-hydrogen) atoms. The van der Waals surface area contributed by atoms with Crippen LogP contribution >= 0.6 is 0 Å². The third kappa shape index (κ3) is 4.83. The first-order valence-electron chi connectivity index (χ1n) is 4.24. The van der Waals surface area contributed by atoms with E-state index in [0.29, 0.717) is 12.8 Å². The highest BCUT2D eigenvalue weighted by molar-refractivity contribution is 5.00. The molecule has 0 fully saturated rings. The zero-order valence-electron chi connectivity index (χ0n) is 8.29. The quantitative estimate of drug-likeness (QED) is 0.379. The third-order valence-electron chi connectivity index (χ3n) is 2.03. The Morgan fingerprint density at radius 3 is 2.54 bits per heavy atom. The minimum Gasteiger partial charge on any atom is -0.386 e. The van der Waals surface area contributed by atoms with E-state index in [1.165, 1.54) is 6.08 Å². The maximum atomic E-state index is 9.56. The van der Waals surface area contributed by atoms with Crippen LogP contribution in [0.2, 0.25) is 0 Å². The Balaban J connectivity index is 3.99. The lowest BCUT2D eigenvalue weighted by molar-refractivity contribution is -0.270. The summed E-state index contributed by atoms with van der Waals surface area (Å²) in [6.45, 7) is 10.6. The molecule has 3 nitrogen and oxygen atoms in total. The molecule has 0 aromatic rings. The van der Waals surface area contributed by atoms with E-state index in [0.717, 1.165) is 5.57 Å². The monoisotopic (exact) mass is 186 g/mol. The Kier molecular flexibility index (Phi) is 4.91. The maximum absolute atomic E-state index is 9.56. The summed E-state index contributed by atoms with van der Waals surface area (Å²) in [5.74, 6) is 0. The number of aliphatic hydroxyl groups is 1. The predicted octanol–water partition coefficient (Wildman–Crippen LogP) is 2.14. The summed E-state index contributed by atoms with van der Waals surface area (Å²) in [7, 11) is 0. The van der Waals surface area contributed by atoms with Gasteiger partial charge in [0.1, 0.15) is 6.10 Å². The second-order valence-electron chi connectivity index (χ2n) is 3.54. The minimum atomic E-state index is -0.910. The van der Waals surface area contributed by atoms with Gasteiger partial charge in [-0.2, -0.15) is 0 Å². The van der Waals surface area contributed by atoms with Gasteiger partial charge in [-0.25, -0.2) is 4.89 Å². The fourth-order valence-corrected chi connectivity index (χ4v) is 0.914. The van der Waals surface area contributed by atoms with Gasteiger partial charge in [-0.15, -0.1) is 6.58 Å². The zero-order chi connectivity index (χ0) is 10.5. The topological polar surface area (TPSA) is 49.7 Å². The van der Waals surface area contributed by atoms with Gasteiger partial charge in [0.05, 0.1) is 5.60 Å². The Morgan fingerprint density at radius 1 is 1.69 bits per heavy atom. The van der Waals surface area contributed by atoms with Crippen molar-refractivity contribution in [1.29, 1.82) is 0 Å². The highest BCUT2D eigenvalue weighted by Gasteiger charge is 2.19. The molecule has 0 aliphatic rings. The lowest BCUT2D eigenvalue weighted by Gasteiger charge is -2.21. The average Bonchev–Trinajstić information content (AvgIpc) is 2.05. The van der Waals surface area contributed by atoms with Crippen LogP contribution in [0.5, 0.6) is 0 Å². The summed E-state index contributed by atoms with van der Waals surface area (Å²) in [6.07, 6.45) is 2.06. The Morgan fingerprint density at radius 2 is 2.23 bits per heavy atom. The van der Waals surface area contributed by atoms with E-state index in [-0.39, 0.29) is 0 Å². The van der Waals surface area contributed by atoms with Crippen LogP contribution in [0, 0.1) is 0 Å². The molecule has 0 radical (unpaired) electrons. The number of hydrogen-bond donors (Lipinski definition) is 2. The van der Waals surface area contributed by atoms with Gasteiger partial charge in [0.2, 0.25) is 0 Å². The first-order chi connectivity index (χ1) is 5.93. The van der Waals surface area contributed by atoms with Crippen LogP contribution in [-0.4, -0.2) is 22.1 Å². The summed E-state index contributed by atoms with van der Waals surface area (Å²) in [6, 6.07) is 0. The van der Waals surface area contributed by atoms with Crippen LogP contribution < -0.4 is 0 Å². The van der Waals surface area contributed by atoms with Gasteiger partial charge in [-0.05, 0) is 32.3 Å². The summed E-state index contributed by atoms with van der Waals surface area (Å²) in [5, 5.41) is 18.1. The second-order valence-corrected chi connectivity index (χ2v) is 3.54. The van der Waals surface area contributed by atoms with E-state index in [4.69, 9.17) is 5.26 Å². The molecule has 0 rings (SSSR count). The van der Waals surface area contributed by atoms with Gasteiger partial charge in [0.15, 0.2) is 0 Å². The summed E-state index contributed by atoms with van der Waals surface area (Å²) in [5.41, 5.74) is -0.172. The third-order valence-corrected chi connectivity index (χ3v) is 2.03. The molecule has 0 saturated heterocycles. The summed E-state index contributed by atoms with van der Waals surface area (Å²) < 4.78 is 0. The van der Waals surface area contributed by atoms with Crippen molar-refractivity contribution in [2.45, 2.75) is 38.4 Å². The minimum absolute atomic E-state index is 0.411. The van der Waals surface area contributed by atoms with Crippen molar-refractivity contribution in [2.75, 3.05) is 0 Å². The molecule has 0 spiro atoms. The molecular formula is C10H18O3. The van der Waals surface area contributed by atoms with Crippen molar-refractivity contribution < 1.29 is 15.3 Å². The van der Waals surface area contributed by atoms with Crippen LogP contribution in [0.3, 0.4) is 0 Å². The van der Waals surface area contributed by atoms with E-state index in [1.54, 1.807) is 13.8 Å². The normalized spacial score (nSPS) is 17.5. The largest absolute Gasteiger partial charge is 0.386 e. The SMILES string of the molecule is C=CC(C)(O)CCC(OO)C(=C)C. The van der Waals surface area contributed by atoms with E-state index >= 15 is 0 Å². The summed E-state index contributed by atoms with van der Waals surface area (Å²) in [4.78, 5) is 4.21. The maximum Gasteiger partial charge on any atom is 0.113 e. The molecule has 2 N–H and O–H groups in total. The Hall–Kier alpha value is -0.640. The van der Waals surface area contributed by atoms with Crippen LogP contribution in [0.25, 0.3) is 0 Å². The molecule has 76 valence electrons. The molecule has 0 aliphatic heterocycles. The Labute approximate surface area is 79.3 Å². The van der Waals surface area contributed by atoms with Crippen molar-refractivity contribution in [3.05, 3.63) is 24.8 Å². The van der Waals surface area contributed by atoms with Gasteiger partial charge in [-0.3, -0.25) is 5.26 Å². The van der Waals surface area contributed by atoms with Crippen molar-refractivity contribution >= 4 is 0 Å². The molecule has 0 aromatic carbocycles. The standard InChI is InChI=1S/C10H18O3/c1-5-10(4,11)7-6-9(13-12)8(2)3/h5,9,11-12H,1-2,6-7H2,3-4H3. The van der Waals surface area contributed by atoms with Crippen molar-refractivity contribution in [3.63, 3.8) is 0 Å². The van der Waals surface area contributed by atoms with Crippen LogP contribution in [0.1, 0.15) is 26.7 Å². The van der Waals surface area contributed by atoms with Crippen LogP contribution in [0.15, 0.2) is 24.8 Å². The number of hydrogen-bond acceptors (Lipinski definition) is 3. The van der Waals surface area contributed by atoms with Gasteiger partial charge in [0.25, 0.3) is 0 Å². The van der Waals surface area contributed by atoms with Crippen molar-refractivity contribution in [3.8, 4) is 0 Å². The molecule has 0 heterocycles. The molecule has 0 saturated carbocycles. The van der Waals surface area contributed by atoms with Crippen molar-refractivity contribution in [1.82, 2.24) is 0 Å². The molecule has 0 bridgehead atoms. The van der Waals surface area contributed by atoms with E-state index in [1.807, 2.05) is 0 Å². The highest BCUT2D eigenvalue weighted by atomic mass is 17.1. The first kappa shape index (κ1) is 12.4. The average molecular weight is 186 g/mol.